The summed E-state index contributed by atoms with van der Waals surface area (Å²) in [5, 5.41) is 7.53. The van der Waals surface area contributed by atoms with Crippen molar-refractivity contribution in [2.45, 2.75) is 25.1 Å². The van der Waals surface area contributed by atoms with Crippen LogP contribution in [0.25, 0.3) is 5.69 Å². The fraction of sp³-hybridized carbons (Fsp3) is 0.278. The second kappa shape index (κ2) is 6.66. The Morgan fingerprint density at radius 2 is 2.07 bits per heavy atom. The Kier molecular flexibility index (Phi) is 4.41. The first-order chi connectivity index (χ1) is 13.3. The van der Waals surface area contributed by atoms with E-state index in [-0.39, 0.29) is 0 Å². The first kappa shape index (κ1) is 18.5. The van der Waals surface area contributed by atoms with Gasteiger partial charge in [-0.25, -0.2) is 9.67 Å². The second-order valence-corrected chi connectivity index (χ2v) is 6.93. The highest BCUT2D eigenvalue weighted by molar-refractivity contribution is 6.32. The molecule has 2 aromatic heterocycles. The molecule has 1 aliphatic rings. The van der Waals surface area contributed by atoms with Crippen molar-refractivity contribution < 1.29 is 18.0 Å². The van der Waals surface area contributed by atoms with Crippen molar-refractivity contribution in [3.05, 3.63) is 64.5 Å². The summed E-state index contributed by atoms with van der Waals surface area (Å²) in [5.74, 6) is -0.865. The van der Waals surface area contributed by atoms with Gasteiger partial charge in [-0.3, -0.25) is 4.79 Å². The predicted octanol–water partition coefficient (Wildman–Crippen LogP) is 3.70. The molecule has 1 aromatic carbocycles. The highest BCUT2D eigenvalue weighted by atomic mass is 35.5. The maximum atomic E-state index is 13.2. The van der Waals surface area contributed by atoms with Crippen molar-refractivity contribution in [3.8, 4) is 5.69 Å². The number of rotatable bonds is 3. The molecule has 0 saturated carbocycles. The van der Waals surface area contributed by atoms with Crippen LogP contribution in [0.4, 0.5) is 13.2 Å². The molecule has 0 aliphatic heterocycles. The average Bonchev–Trinajstić information content (AvgIpc) is 3.31. The van der Waals surface area contributed by atoms with E-state index in [9.17, 15) is 18.0 Å². The van der Waals surface area contributed by atoms with Crippen molar-refractivity contribution in [1.29, 1.82) is 0 Å². The van der Waals surface area contributed by atoms with Crippen LogP contribution in [0.5, 0.6) is 0 Å². The summed E-state index contributed by atoms with van der Waals surface area (Å²) in [7, 11) is 1.20. The molecule has 10 heteroatoms. The number of imidazole rings is 1. The molecule has 0 radical (unpaired) electrons. The maximum absolute atomic E-state index is 13.2. The van der Waals surface area contributed by atoms with Gasteiger partial charge < -0.3 is 9.88 Å². The van der Waals surface area contributed by atoms with E-state index in [1.54, 1.807) is 16.9 Å². The van der Waals surface area contributed by atoms with E-state index in [4.69, 9.17) is 11.6 Å². The van der Waals surface area contributed by atoms with Crippen LogP contribution in [0.3, 0.4) is 0 Å². The molecular weight excluding hydrogens is 395 g/mol. The van der Waals surface area contributed by atoms with Gasteiger partial charge in [-0.2, -0.15) is 18.3 Å². The number of nitrogens with zero attached hydrogens (tertiary/aromatic N) is 4. The molecule has 1 unspecified atom stereocenters. The lowest BCUT2D eigenvalue weighted by Gasteiger charge is -2.13. The molecule has 1 atom stereocenters. The highest BCUT2D eigenvalue weighted by Gasteiger charge is 2.40. The number of hydrogen-bond donors (Lipinski definition) is 1. The normalized spacial score (nSPS) is 16.2. The zero-order chi connectivity index (χ0) is 20.1. The smallest absolute Gasteiger partial charge is 0.344 e. The van der Waals surface area contributed by atoms with Gasteiger partial charge in [0.2, 0.25) is 0 Å². The Labute approximate surface area is 162 Å². The summed E-state index contributed by atoms with van der Waals surface area (Å²) in [6.45, 7) is 0. The number of para-hydroxylation sites is 1. The van der Waals surface area contributed by atoms with Gasteiger partial charge in [0.05, 0.1) is 29.3 Å². The monoisotopic (exact) mass is 409 g/mol. The van der Waals surface area contributed by atoms with E-state index in [1.165, 1.54) is 7.05 Å². The number of carbonyl (C=O) groups is 1. The number of nitrogens with one attached hydrogen (secondary N) is 1. The summed E-state index contributed by atoms with van der Waals surface area (Å²) in [4.78, 5) is 16.1. The zero-order valence-corrected chi connectivity index (χ0v) is 15.4. The Balaban J connectivity index is 1.61. The van der Waals surface area contributed by atoms with Gasteiger partial charge in [0, 0.05) is 18.3 Å². The number of aromatic nitrogens is 4. The lowest BCUT2D eigenvalue weighted by molar-refractivity contribution is -0.143. The quantitative estimate of drug-likeness (QED) is 0.717. The van der Waals surface area contributed by atoms with Gasteiger partial charge >= 0.3 is 6.18 Å². The number of hydrogen-bond acceptors (Lipinski definition) is 3. The maximum Gasteiger partial charge on any atom is 0.433 e. The van der Waals surface area contributed by atoms with Crippen LogP contribution in [-0.4, -0.2) is 25.2 Å². The van der Waals surface area contributed by atoms with Crippen LogP contribution in [0.15, 0.2) is 36.8 Å². The Morgan fingerprint density at radius 1 is 1.32 bits per heavy atom. The first-order valence-corrected chi connectivity index (χ1v) is 8.86. The minimum Gasteiger partial charge on any atom is -0.344 e. The van der Waals surface area contributed by atoms with Gasteiger partial charge in [0.15, 0.2) is 11.4 Å². The second-order valence-electron chi connectivity index (χ2n) is 6.52. The minimum atomic E-state index is -4.67. The van der Waals surface area contributed by atoms with Gasteiger partial charge in [0.1, 0.15) is 0 Å². The van der Waals surface area contributed by atoms with Crippen LogP contribution in [0, 0.1) is 0 Å². The number of benzene rings is 1. The number of alkyl halides is 3. The van der Waals surface area contributed by atoms with Crippen LogP contribution >= 0.6 is 11.6 Å². The van der Waals surface area contributed by atoms with Gasteiger partial charge in [-0.15, -0.1) is 0 Å². The molecule has 6 nitrogen and oxygen atoms in total. The SMILES string of the molecule is Cn1cnc(C(=O)NC2CCc3c2cnn3-c2ccccc2Cl)c1C(F)(F)F. The van der Waals surface area contributed by atoms with E-state index in [0.717, 1.165) is 22.2 Å². The standard InChI is InChI=1S/C18H15ClF3N5O/c1-26-9-23-15(16(26)18(20,21)22)17(28)25-12-6-7-13-10(12)8-24-27(13)14-5-3-2-4-11(14)19/h2-5,8-9,12H,6-7H2,1H3,(H,25,28). The van der Waals surface area contributed by atoms with Crippen LogP contribution in [-0.2, 0) is 19.6 Å². The van der Waals surface area contributed by atoms with Crippen LogP contribution in [0.2, 0.25) is 5.02 Å². The molecule has 28 heavy (non-hydrogen) atoms. The average molecular weight is 410 g/mol. The Bertz CT molecular complexity index is 1060. The summed E-state index contributed by atoms with van der Waals surface area (Å²) in [5.41, 5.74) is 0.631. The molecule has 1 amide bonds. The molecule has 2 heterocycles. The molecule has 0 fully saturated rings. The third-order valence-corrected chi connectivity index (χ3v) is 5.07. The molecule has 4 rings (SSSR count). The minimum absolute atomic E-state index is 0.443. The summed E-state index contributed by atoms with van der Waals surface area (Å²) >= 11 is 6.23. The van der Waals surface area contributed by atoms with Crippen molar-refractivity contribution in [3.63, 3.8) is 0 Å². The topological polar surface area (TPSA) is 64.7 Å². The summed E-state index contributed by atoms with van der Waals surface area (Å²) < 4.78 is 42.1. The van der Waals surface area contributed by atoms with E-state index >= 15 is 0 Å². The van der Waals surface area contributed by atoms with Crippen molar-refractivity contribution >= 4 is 17.5 Å². The van der Waals surface area contributed by atoms with Crippen LogP contribution < -0.4 is 5.32 Å². The molecule has 3 aromatic rings. The number of aryl methyl sites for hydroxylation is 1. The lowest BCUT2D eigenvalue weighted by Crippen LogP contribution is -2.29. The number of halogens is 4. The molecule has 0 saturated heterocycles. The number of fused-ring (bicyclic) bond motifs is 1. The largest absolute Gasteiger partial charge is 0.433 e. The Morgan fingerprint density at radius 3 is 2.79 bits per heavy atom. The van der Waals surface area contributed by atoms with E-state index < -0.39 is 29.5 Å². The van der Waals surface area contributed by atoms with E-state index in [0.29, 0.717) is 23.6 Å². The Hall–Kier alpha value is -2.81. The van der Waals surface area contributed by atoms with Crippen molar-refractivity contribution in [2.24, 2.45) is 7.05 Å². The highest BCUT2D eigenvalue weighted by Crippen LogP contribution is 2.35. The summed E-state index contributed by atoms with van der Waals surface area (Å²) in [6.07, 6.45) is -0.919. The van der Waals surface area contributed by atoms with Gasteiger partial charge in [-0.1, -0.05) is 23.7 Å². The summed E-state index contributed by atoms with van der Waals surface area (Å²) in [6, 6.07) is 6.78. The number of carbonyl (C=O) groups excluding carboxylic acids is 1. The fourth-order valence-electron chi connectivity index (χ4n) is 3.50. The first-order valence-electron chi connectivity index (χ1n) is 8.48. The van der Waals surface area contributed by atoms with Crippen LogP contribution in [0.1, 0.15) is 39.9 Å². The molecule has 1 aliphatic carbocycles. The molecular formula is C18H15ClF3N5O. The molecule has 0 bridgehead atoms. The molecule has 0 spiro atoms. The third-order valence-electron chi connectivity index (χ3n) is 4.75. The van der Waals surface area contributed by atoms with Crippen molar-refractivity contribution in [2.75, 3.05) is 0 Å². The van der Waals surface area contributed by atoms with Gasteiger partial charge in [0.25, 0.3) is 5.91 Å². The molecule has 1 N–H and O–H groups in total. The number of amides is 1. The predicted molar refractivity (Wildman–Crippen MR) is 95.3 cm³/mol. The zero-order valence-electron chi connectivity index (χ0n) is 14.7. The fourth-order valence-corrected chi connectivity index (χ4v) is 3.72. The third kappa shape index (κ3) is 3.05. The van der Waals surface area contributed by atoms with Crippen molar-refractivity contribution in [1.82, 2.24) is 24.6 Å². The molecule has 146 valence electrons. The van der Waals surface area contributed by atoms with E-state index in [1.807, 2.05) is 18.2 Å². The van der Waals surface area contributed by atoms with E-state index in [2.05, 4.69) is 15.4 Å². The lowest BCUT2D eigenvalue weighted by atomic mass is 10.1. The van der Waals surface area contributed by atoms with Gasteiger partial charge in [-0.05, 0) is 25.0 Å².